The Morgan fingerprint density at radius 3 is 1.28 bits per heavy atom. The van der Waals surface area contributed by atoms with E-state index in [1.165, 1.54) is 32.1 Å². The SMILES string of the molecule is C=C(C)C(=O)OCC(COC)OC.CC(=O)Nc1ccc(Cc2ccc(NC(C)=O)cc2)cc1.COC(C)COc1ccc(C(C)(C)c2ccc(OCC(C)OC)cc2)cc1. The van der Waals surface area contributed by atoms with Crippen LogP contribution in [0.1, 0.15) is 70.7 Å². The van der Waals surface area contributed by atoms with E-state index in [-0.39, 0.29) is 42.1 Å². The molecule has 0 heterocycles. The van der Waals surface area contributed by atoms with Crippen LogP contribution in [0.5, 0.6) is 11.5 Å². The van der Waals surface area contributed by atoms with Gasteiger partial charge in [-0.1, -0.05) is 69.0 Å². The molecule has 332 valence electrons. The molecule has 4 rings (SSSR count). The molecule has 0 spiro atoms. The van der Waals surface area contributed by atoms with E-state index in [2.05, 4.69) is 55.3 Å². The molecule has 4 aromatic rings. The zero-order chi connectivity index (χ0) is 45.4. The molecule has 0 fully saturated rings. The Morgan fingerprint density at radius 1 is 0.574 bits per heavy atom. The maximum atomic E-state index is 11.0. The molecule has 0 radical (unpaired) electrons. The molecule has 3 atom stereocenters. The van der Waals surface area contributed by atoms with E-state index in [9.17, 15) is 14.4 Å². The molecule has 0 bridgehead atoms. The zero-order valence-corrected chi connectivity index (χ0v) is 37.8. The number of esters is 1. The molecule has 12 heteroatoms. The van der Waals surface area contributed by atoms with E-state index in [0.717, 1.165) is 40.4 Å². The third-order valence-electron chi connectivity index (χ3n) is 9.32. The summed E-state index contributed by atoms with van der Waals surface area (Å²) in [6, 6.07) is 32.1. The number of carbonyl (C=O) groups excluding carboxylic acids is 3. The van der Waals surface area contributed by atoms with Crippen molar-refractivity contribution in [2.24, 2.45) is 0 Å². The van der Waals surface area contributed by atoms with Crippen molar-refractivity contribution in [2.45, 2.75) is 78.6 Å². The normalized spacial score (nSPS) is 12.2. The second-order valence-electron chi connectivity index (χ2n) is 15.0. The van der Waals surface area contributed by atoms with Crippen molar-refractivity contribution < 1.29 is 47.5 Å². The largest absolute Gasteiger partial charge is 0.491 e. The maximum Gasteiger partial charge on any atom is 0.333 e. The number of benzene rings is 4. The highest BCUT2D eigenvalue weighted by atomic mass is 16.6. The molecule has 0 aliphatic carbocycles. The van der Waals surface area contributed by atoms with Crippen molar-refractivity contribution in [1.29, 1.82) is 0 Å². The van der Waals surface area contributed by atoms with E-state index >= 15 is 0 Å². The number of methoxy groups -OCH3 is 4. The predicted octanol–water partition coefficient (Wildman–Crippen LogP) is 8.80. The third kappa shape index (κ3) is 20.1. The van der Waals surface area contributed by atoms with Gasteiger partial charge in [0.2, 0.25) is 11.8 Å². The summed E-state index contributed by atoms with van der Waals surface area (Å²) in [6.45, 7) is 18.1. The lowest BCUT2D eigenvalue weighted by molar-refractivity contribution is -0.143. The molecular weight excluding hydrogens is 777 g/mol. The van der Waals surface area contributed by atoms with Crippen molar-refractivity contribution in [3.8, 4) is 11.5 Å². The average Bonchev–Trinajstić information content (AvgIpc) is 3.25. The number of hydrogen-bond donors (Lipinski definition) is 2. The first-order chi connectivity index (χ1) is 29.0. The molecule has 61 heavy (non-hydrogen) atoms. The Hall–Kier alpha value is -5.53. The summed E-state index contributed by atoms with van der Waals surface area (Å²) in [7, 11) is 6.48. The molecule has 0 aromatic heterocycles. The number of ether oxygens (including phenoxy) is 7. The van der Waals surface area contributed by atoms with Crippen LogP contribution >= 0.6 is 0 Å². The lowest BCUT2D eigenvalue weighted by Gasteiger charge is -2.26. The standard InChI is InChI=1S/C23H32O4.C17H18N2O2.C9H16O4/c1-17(24-5)15-26-21-11-7-19(8-12-21)23(3,4)20-9-13-22(14-10-20)27-16-18(2)25-6;1-12(20)18-16-7-3-14(4-8-16)11-15-5-9-17(10-6-15)19-13(2)21;1-7(2)9(10)13-6-8(12-4)5-11-3/h7-14,17-18H,15-16H2,1-6H3;3-10H,11H2,1-2H3,(H,18,20)(H,19,21);8H,1,5-6H2,2-4H3. The van der Waals surface area contributed by atoms with Gasteiger partial charge in [0, 0.05) is 64.6 Å². The van der Waals surface area contributed by atoms with Gasteiger partial charge in [-0.3, -0.25) is 9.59 Å². The van der Waals surface area contributed by atoms with E-state index < -0.39 is 5.97 Å². The minimum absolute atomic E-state index is 0.0729. The Balaban J connectivity index is 0.000000336. The second-order valence-corrected chi connectivity index (χ2v) is 15.0. The van der Waals surface area contributed by atoms with E-state index in [1.54, 1.807) is 28.3 Å². The highest BCUT2D eigenvalue weighted by molar-refractivity contribution is 5.89. The fourth-order valence-electron chi connectivity index (χ4n) is 5.38. The predicted molar refractivity (Wildman–Crippen MR) is 242 cm³/mol. The van der Waals surface area contributed by atoms with E-state index in [0.29, 0.717) is 25.4 Å². The quantitative estimate of drug-likeness (QED) is 0.0656. The van der Waals surface area contributed by atoms with Crippen molar-refractivity contribution in [3.63, 3.8) is 0 Å². The van der Waals surface area contributed by atoms with Crippen molar-refractivity contribution in [2.75, 3.05) is 65.5 Å². The van der Waals surface area contributed by atoms with Gasteiger partial charge in [-0.25, -0.2) is 4.79 Å². The van der Waals surface area contributed by atoms with Crippen LogP contribution in [0.4, 0.5) is 11.4 Å². The molecule has 0 saturated heterocycles. The summed E-state index contributed by atoms with van der Waals surface area (Å²) < 4.78 is 36.6. The van der Waals surface area contributed by atoms with Gasteiger partial charge < -0.3 is 43.8 Å². The van der Waals surface area contributed by atoms with Crippen molar-refractivity contribution >= 4 is 29.2 Å². The topological polar surface area (TPSA) is 140 Å². The third-order valence-corrected chi connectivity index (χ3v) is 9.32. The molecule has 2 N–H and O–H groups in total. The van der Waals surface area contributed by atoms with Crippen LogP contribution in [-0.4, -0.2) is 91.0 Å². The first-order valence-electron chi connectivity index (χ1n) is 20.1. The number of rotatable bonds is 20. The van der Waals surface area contributed by atoms with Gasteiger partial charge in [0.15, 0.2) is 0 Å². The van der Waals surface area contributed by atoms with Gasteiger partial charge in [-0.15, -0.1) is 0 Å². The Labute approximate surface area is 362 Å². The van der Waals surface area contributed by atoms with E-state index in [1.807, 2.05) is 86.6 Å². The van der Waals surface area contributed by atoms with Gasteiger partial charge >= 0.3 is 5.97 Å². The van der Waals surface area contributed by atoms with Crippen LogP contribution < -0.4 is 20.1 Å². The average molecular weight is 843 g/mol. The first kappa shape index (κ1) is 51.6. The Morgan fingerprint density at radius 2 is 0.967 bits per heavy atom. The van der Waals surface area contributed by atoms with Gasteiger partial charge in [0.1, 0.15) is 37.4 Å². The summed E-state index contributed by atoms with van der Waals surface area (Å²) >= 11 is 0. The summed E-state index contributed by atoms with van der Waals surface area (Å²) in [6.07, 6.45) is 0.747. The Bertz CT molecular complexity index is 1780. The van der Waals surface area contributed by atoms with Gasteiger partial charge in [-0.05, 0) is 98.0 Å². The number of anilines is 2. The summed E-state index contributed by atoms with van der Waals surface area (Å²) in [4.78, 5) is 32.9. The van der Waals surface area contributed by atoms with Crippen LogP contribution in [0.2, 0.25) is 0 Å². The summed E-state index contributed by atoms with van der Waals surface area (Å²) in [5, 5.41) is 5.48. The molecule has 2 amide bonds. The number of hydrogen-bond acceptors (Lipinski definition) is 10. The smallest absolute Gasteiger partial charge is 0.333 e. The number of amides is 2. The highest BCUT2D eigenvalue weighted by Crippen LogP contribution is 2.33. The van der Waals surface area contributed by atoms with Gasteiger partial charge in [0.05, 0.1) is 18.8 Å². The minimum atomic E-state index is -0.404. The maximum absolute atomic E-state index is 11.0. The minimum Gasteiger partial charge on any atom is -0.491 e. The first-order valence-corrected chi connectivity index (χ1v) is 20.1. The van der Waals surface area contributed by atoms with Crippen LogP contribution in [0.3, 0.4) is 0 Å². The number of nitrogens with one attached hydrogen (secondary N) is 2. The van der Waals surface area contributed by atoms with Crippen LogP contribution in [0, 0.1) is 0 Å². The lowest BCUT2D eigenvalue weighted by Crippen LogP contribution is -2.25. The zero-order valence-electron chi connectivity index (χ0n) is 37.8. The summed E-state index contributed by atoms with van der Waals surface area (Å²) in [5.74, 6) is 1.16. The molecule has 3 unspecified atom stereocenters. The fourth-order valence-corrected chi connectivity index (χ4v) is 5.38. The molecule has 12 nitrogen and oxygen atoms in total. The molecule has 4 aromatic carbocycles. The Kier molecular flexibility index (Phi) is 23.1. The lowest BCUT2D eigenvalue weighted by atomic mass is 9.78. The molecule has 0 aliphatic rings. The summed E-state index contributed by atoms with van der Waals surface area (Å²) in [5.41, 5.74) is 6.66. The monoisotopic (exact) mass is 842 g/mol. The van der Waals surface area contributed by atoms with E-state index in [4.69, 9.17) is 33.2 Å². The number of carbonyl (C=O) groups is 3. The van der Waals surface area contributed by atoms with Gasteiger partial charge in [0.25, 0.3) is 0 Å². The van der Waals surface area contributed by atoms with Crippen LogP contribution in [0.25, 0.3) is 0 Å². The second kappa shape index (κ2) is 27.3. The fraction of sp³-hybridized carbons (Fsp3) is 0.408. The highest BCUT2D eigenvalue weighted by Gasteiger charge is 2.23. The molecule has 0 saturated carbocycles. The molecule has 0 aliphatic heterocycles. The van der Waals surface area contributed by atoms with Crippen LogP contribution in [-0.2, 0) is 49.9 Å². The van der Waals surface area contributed by atoms with Crippen molar-refractivity contribution in [3.05, 3.63) is 131 Å². The molecular formula is C49H66N2O10. The van der Waals surface area contributed by atoms with Gasteiger partial charge in [-0.2, -0.15) is 0 Å². The van der Waals surface area contributed by atoms with Crippen molar-refractivity contribution in [1.82, 2.24) is 0 Å². The van der Waals surface area contributed by atoms with Crippen LogP contribution in [0.15, 0.2) is 109 Å².